The summed E-state index contributed by atoms with van der Waals surface area (Å²) in [6.45, 7) is 2.71. The minimum atomic E-state index is -0.912. The van der Waals surface area contributed by atoms with Gasteiger partial charge in [-0.05, 0) is 19.9 Å². The van der Waals surface area contributed by atoms with Crippen LogP contribution in [0.2, 0.25) is 0 Å². The maximum absolute atomic E-state index is 11.4. The highest BCUT2D eigenvalue weighted by Gasteiger charge is 2.20. The molecule has 0 bridgehead atoms. The fraction of sp³-hybridized carbons (Fsp3) is 0.333. The first-order valence-electron chi connectivity index (χ1n) is 5.40. The predicted molar refractivity (Wildman–Crippen MR) is 65.2 cm³/mol. The van der Waals surface area contributed by atoms with Crippen molar-refractivity contribution in [2.75, 3.05) is 7.11 Å². The first-order chi connectivity index (χ1) is 8.86. The van der Waals surface area contributed by atoms with Crippen LogP contribution in [-0.4, -0.2) is 29.9 Å². The molecule has 0 saturated carbocycles. The normalized spacial score (nSPS) is 11.5. The van der Waals surface area contributed by atoms with Gasteiger partial charge in [-0.1, -0.05) is 0 Å². The molecule has 0 heterocycles. The highest BCUT2D eigenvalue weighted by Crippen LogP contribution is 2.25. The summed E-state index contributed by atoms with van der Waals surface area (Å²) >= 11 is 0. The molecule has 7 nitrogen and oxygen atoms in total. The first-order valence-corrected chi connectivity index (χ1v) is 5.40. The second-order valence-electron chi connectivity index (χ2n) is 3.78. The Bertz CT molecular complexity index is 525. The third kappa shape index (κ3) is 3.51. The number of ketones is 1. The molecule has 1 aromatic carbocycles. The van der Waals surface area contributed by atoms with Crippen LogP contribution < -0.4 is 4.74 Å². The fourth-order valence-corrected chi connectivity index (χ4v) is 1.41. The van der Waals surface area contributed by atoms with Crippen LogP contribution in [0.4, 0.5) is 5.69 Å². The van der Waals surface area contributed by atoms with Crippen molar-refractivity contribution >= 4 is 17.4 Å². The monoisotopic (exact) mass is 267 g/mol. The zero-order valence-electron chi connectivity index (χ0n) is 10.7. The summed E-state index contributed by atoms with van der Waals surface area (Å²) in [5, 5.41) is 10.6. The Morgan fingerprint density at radius 3 is 2.47 bits per heavy atom. The molecule has 0 spiro atoms. The lowest BCUT2D eigenvalue weighted by Gasteiger charge is -2.14. The number of nitro groups is 1. The molecular formula is C12H13NO6. The number of ether oxygens (including phenoxy) is 2. The molecule has 1 unspecified atom stereocenters. The topological polar surface area (TPSA) is 95.7 Å². The van der Waals surface area contributed by atoms with Crippen LogP contribution in [0, 0.1) is 10.1 Å². The third-order valence-corrected chi connectivity index (χ3v) is 2.39. The second kappa shape index (κ2) is 5.94. The lowest BCUT2D eigenvalue weighted by atomic mass is 10.1. The lowest BCUT2D eigenvalue weighted by Crippen LogP contribution is -2.25. The second-order valence-corrected chi connectivity index (χ2v) is 3.78. The molecule has 1 aromatic rings. The van der Waals surface area contributed by atoms with E-state index in [2.05, 4.69) is 4.74 Å². The van der Waals surface area contributed by atoms with E-state index in [1.165, 1.54) is 33.1 Å². The van der Waals surface area contributed by atoms with Crippen LogP contribution in [0.5, 0.6) is 5.75 Å². The molecule has 0 aromatic heterocycles. The quantitative estimate of drug-likeness (QED) is 0.349. The molecular weight excluding hydrogens is 254 g/mol. The van der Waals surface area contributed by atoms with Gasteiger partial charge in [0, 0.05) is 12.1 Å². The van der Waals surface area contributed by atoms with E-state index in [1.807, 2.05) is 0 Å². The zero-order valence-corrected chi connectivity index (χ0v) is 10.7. The molecule has 0 fully saturated rings. The largest absolute Gasteiger partial charge is 0.478 e. The van der Waals surface area contributed by atoms with Crippen molar-refractivity contribution in [3.63, 3.8) is 0 Å². The van der Waals surface area contributed by atoms with Gasteiger partial charge in [-0.25, -0.2) is 4.79 Å². The highest BCUT2D eigenvalue weighted by molar-refractivity contribution is 5.97. The molecule has 7 heteroatoms. The SMILES string of the molecule is COC(=O)C(C)Oc1ccc([N+](=O)[O-])cc1C(C)=O. The van der Waals surface area contributed by atoms with E-state index in [9.17, 15) is 19.7 Å². The molecule has 102 valence electrons. The zero-order chi connectivity index (χ0) is 14.6. The Kier molecular flexibility index (Phi) is 4.57. The predicted octanol–water partition coefficient (Wildman–Crippen LogP) is 1.74. The van der Waals surface area contributed by atoms with Crippen LogP contribution in [0.15, 0.2) is 18.2 Å². The maximum atomic E-state index is 11.4. The van der Waals surface area contributed by atoms with E-state index in [4.69, 9.17) is 4.74 Å². The minimum Gasteiger partial charge on any atom is -0.478 e. The van der Waals surface area contributed by atoms with Crippen molar-refractivity contribution in [2.24, 2.45) is 0 Å². The Morgan fingerprint density at radius 1 is 1.37 bits per heavy atom. The van der Waals surface area contributed by atoms with Crippen LogP contribution >= 0.6 is 0 Å². The number of carbonyl (C=O) groups excluding carboxylic acids is 2. The van der Waals surface area contributed by atoms with Crippen LogP contribution in [0.1, 0.15) is 24.2 Å². The average molecular weight is 267 g/mol. The van der Waals surface area contributed by atoms with E-state index in [1.54, 1.807) is 0 Å². The number of esters is 1. The number of benzene rings is 1. The van der Waals surface area contributed by atoms with Gasteiger partial charge in [0.2, 0.25) is 0 Å². The van der Waals surface area contributed by atoms with Crippen LogP contribution in [0.3, 0.4) is 0 Å². The summed E-state index contributed by atoms with van der Waals surface area (Å²) < 4.78 is 9.77. The van der Waals surface area contributed by atoms with Gasteiger partial charge in [0.05, 0.1) is 17.6 Å². The molecule has 19 heavy (non-hydrogen) atoms. The number of hydrogen-bond donors (Lipinski definition) is 0. The van der Waals surface area contributed by atoms with Gasteiger partial charge in [0.15, 0.2) is 11.9 Å². The number of carbonyl (C=O) groups is 2. The Hall–Kier alpha value is -2.44. The van der Waals surface area contributed by atoms with Crippen molar-refractivity contribution in [3.8, 4) is 5.75 Å². The molecule has 0 aliphatic carbocycles. The highest BCUT2D eigenvalue weighted by atomic mass is 16.6. The van der Waals surface area contributed by atoms with Gasteiger partial charge in [0.25, 0.3) is 5.69 Å². The van der Waals surface area contributed by atoms with E-state index >= 15 is 0 Å². The number of Topliss-reactive ketones (excluding diaryl/α,β-unsaturated/α-hetero) is 1. The summed E-state index contributed by atoms with van der Waals surface area (Å²) in [6, 6.07) is 3.60. The Morgan fingerprint density at radius 2 is 2.00 bits per heavy atom. The summed E-state index contributed by atoms with van der Waals surface area (Å²) in [7, 11) is 1.21. The number of methoxy groups -OCH3 is 1. The van der Waals surface area contributed by atoms with Crippen molar-refractivity contribution in [3.05, 3.63) is 33.9 Å². The van der Waals surface area contributed by atoms with E-state index in [0.29, 0.717) is 0 Å². The number of nitrogens with zero attached hydrogens (tertiary/aromatic N) is 1. The van der Waals surface area contributed by atoms with Gasteiger partial charge in [-0.3, -0.25) is 14.9 Å². The molecule has 0 N–H and O–H groups in total. The standard InChI is InChI=1S/C12H13NO6/c1-7(14)10-6-9(13(16)17)4-5-11(10)19-8(2)12(15)18-3/h4-6,8H,1-3H3. The maximum Gasteiger partial charge on any atom is 0.346 e. The van der Waals surface area contributed by atoms with Gasteiger partial charge >= 0.3 is 5.97 Å². The molecule has 0 aliphatic heterocycles. The molecule has 0 saturated heterocycles. The molecule has 0 aliphatic rings. The summed E-state index contributed by atoms with van der Waals surface area (Å²) in [5.74, 6) is -0.889. The fourth-order valence-electron chi connectivity index (χ4n) is 1.41. The molecule has 0 radical (unpaired) electrons. The van der Waals surface area contributed by atoms with Gasteiger partial charge in [0.1, 0.15) is 5.75 Å². The Balaban J connectivity index is 3.10. The summed E-state index contributed by atoms with van der Waals surface area (Å²) in [4.78, 5) is 32.7. The van der Waals surface area contributed by atoms with E-state index in [-0.39, 0.29) is 17.0 Å². The van der Waals surface area contributed by atoms with Crippen LogP contribution in [0.25, 0.3) is 0 Å². The minimum absolute atomic E-state index is 0.0463. The average Bonchev–Trinajstić information content (AvgIpc) is 2.37. The third-order valence-electron chi connectivity index (χ3n) is 2.39. The van der Waals surface area contributed by atoms with Gasteiger partial charge < -0.3 is 9.47 Å². The lowest BCUT2D eigenvalue weighted by molar-refractivity contribution is -0.384. The summed E-state index contributed by atoms with van der Waals surface area (Å²) in [6.07, 6.45) is -0.912. The number of rotatable bonds is 5. The van der Waals surface area contributed by atoms with Gasteiger partial charge in [-0.15, -0.1) is 0 Å². The van der Waals surface area contributed by atoms with Crippen LogP contribution in [-0.2, 0) is 9.53 Å². The Labute approximate surface area is 109 Å². The van der Waals surface area contributed by atoms with E-state index < -0.39 is 22.8 Å². The van der Waals surface area contributed by atoms with Gasteiger partial charge in [-0.2, -0.15) is 0 Å². The van der Waals surface area contributed by atoms with Crippen molar-refractivity contribution < 1.29 is 24.0 Å². The summed E-state index contributed by atoms with van der Waals surface area (Å²) in [5.41, 5.74) is -0.173. The smallest absolute Gasteiger partial charge is 0.346 e. The molecule has 1 atom stereocenters. The first kappa shape index (κ1) is 14.6. The molecule has 0 amide bonds. The molecule has 1 rings (SSSR count). The van der Waals surface area contributed by atoms with E-state index in [0.717, 1.165) is 6.07 Å². The number of non-ortho nitro benzene ring substituents is 1. The number of hydrogen-bond acceptors (Lipinski definition) is 6. The van der Waals surface area contributed by atoms with Crippen molar-refractivity contribution in [2.45, 2.75) is 20.0 Å². The number of nitro benzene ring substituents is 1. The van der Waals surface area contributed by atoms with Crippen molar-refractivity contribution in [1.29, 1.82) is 0 Å². The van der Waals surface area contributed by atoms with Crippen molar-refractivity contribution in [1.82, 2.24) is 0 Å².